The number of aromatic nitrogens is 7. The summed E-state index contributed by atoms with van der Waals surface area (Å²) in [5.74, 6) is 2.13. The van der Waals surface area contributed by atoms with Crippen LogP contribution in [-0.4, -0.2) is 46.5 Å². The van der Waals surface area contributed by atoms with Gasteiger partial charge in [-0.15, -0.1) is 15.3 Å². The first-order valence-electron chi connectivity index (χ1n) is 11.2. The highest BCUT2D eigenvalue weighted by molar-refractivity contribution is 7.98. The van der Waals surface area contributed by atoms with Gasteiger partial charge in [0, 0.05) is 41.2 Å². The highest BCUT2D eigenvalue weighted by Crippen LogP contribution is 2.31. The predicted octanol–water partition coefficient (Wildman–Crippen LogP) is 4.28. The number of aryl methyl sites for hydroxylation is 3. The van der Waals surface area contributed by atoms with E-state index >= 15 is 0 Å². The summed E-state index contributed by atoms with van der Waals surface area (Å²) in [4.78, 5) is 21.9. The molecule has 0 bridgehead atoms. The van der Waals surface area contributed by atoms with Gasteiger partial charge in [-0.1, -0.05) is 29.8 Å². The minimum absolute atomic E-state index is 0.147. The second-order valence-corrected chi connectivity index (χ2v) is 9.57. The van der Waals surface area contributed by atoms with Crippen molar-refractivity contribution in [2.75, 3.05) is 11.6 Å². The van der Waals surface area contributed by atoms with E-state index in [1.807, 2.05) is 26.2 Å². The summed E-state index contributed by atoms with van der Waals surface area (Å²) in [5, 5.41) is 17.5. The number of halogens is 1. The van der Waals surface area contributed by atoms with Gasteiger partial charge in [-0.2, -0.15) is 4.98 Å². The first kappa shape index (κ1) is 22.8. The van der Waals surface area contributed by atoms with Crippen LogP contribution in [0, 0.1) is 13.8 Å². The van der Waals surface area contributed by atoms with Gasteiger partial charge in [-0.05, 0) is 51.1 Å². The van der Waals surface area contributed by atoms with E-state index in [4.69, 9.17) is 11.6 Å². The van der Waals surface area contributed by atoms with Crippen molar-refractivity contribution in [3.63, 3.8) is 0 Å². The van der Waals surface area contributed by atoms with Crippen LogP contribution in [-0.2, 0) is 24.2 Å². The van der Waals surface area contributed by atoms with E-state index in [1.165, 1.54) is 18.2 Å². The Bertz CT molecular complexity index is 1400. The predicted molar refractivity (Wildman–Crippen MR) is 132 cm³/mol. The van der Waals surface area contributed by atoms with Crippen molar-refractivity contribution < 1.29 is 4.79 Å². The first-order valence-corrected chi connectivity index (χ1v) is 12.8. The van der Waals surface area contributed by atoms with Crippen molar-refractivity contribution in [2.45, 2.75) is 57.7 Å². The number of nitrogens with one attached hydrogen (secondary N) is 1. The van der Waals surface area contributed by atoms with Crippen LogP contribution in [0.2, 0.25) is 5.02 Å². The molecule has 1 aliphatic rings. The van der Waals surface area contributed by atoms with Gasteiger partial charge in [0.15, 0.2) is 5.82 Å². The van der Waals surface area contributed by atoms with Gasteiger partial charge in [0.05, 0.1) is 11.4 Å². The van der Waals surface area contributed by atoms with Crippen molar-refractivity contribution in [1.29, 1.82) is 0 Å². The Kier molecular flexibility index (Phi) is 6.26. The molecule has 0 atom stereocenters. The second-order valence-electron chi connectivity index (χ2n) is 8.39. The zero-order valence-corrected chi connectivity index (χ0v) is 20.9. The molecule has 0 aliphatic carbocycles. The smallest absolute Gasteiger partial charge is 0.253 e. The number of benzene rings is 1. The number of hydrogen-bond acceptors (Lipinski definition) is 7. The third-order valence-corrected chi connectivity index (χ3v) is 7.02. The Morgan fingerprint density at radius 3 is 2.85 bits per heavy atom. The van der Waals surface area contributed by atoms with Gasteiger partial charge < -0.3 is 9.88 Å². The molecule has 1 aromatic carbocycles. The lowest BCUT2D eigenvalue weighted by atomic mass is 10.1. The molecule has 5 rings (SSSR count). The molecular weight excluding hydrogens is 472 g/mol. The molecule has 1 amide bonds. The van der Waals surface area contributed by atoms with Gasteiger partial charge in [0.2, 0.25) is 11.1 Å². The zero-order chi connectivity index (χ0) is 23.8. The molecule has 4 heterocycles. The number of carbonyl (C=O) groups excluding carboxylic acids is 1. The molecule has 1 aliphatic heterocycles. The lowest BCUT2D eigenvalue weighted by Gasteiger charge is -2.13. The first-order chi connectivity index (χ1) is 16.4. The lowest BCUT2D eigenvalue weighted by Crippen LogP contribution is -2.18. The molecule has 0 saturated carbocycles. The van der Waals surface area contributed by atoms with Crippen LogP contribution in [0.3, 0.4) is 0 Å². The topological polar surface area (TPSA) is 103 Å². The molecule has 0 unspecified atom stereocenters. The van der Waals surface area contributed by atoms with Crippen LogP contribution in [0.1, 0.15) is 42.0 Å². The number of hydrogen-bond donors (Lipinski definition) is 1. The summed E-state index contributed by atoms with van der Waals surface area (Å²) < 4.78 is 3.84. The average molecular weight is 497 g/mol. The van der Waals surface area contributed by atoms with Crippen molar-refractivity contribution in [3.8, 4) is 11.4 Å². The minimum Gasteiger partial charge on any atom is -0.326 e. The number of rotatable bonds is 5. The second kappa shape index (κ2) is 9.34. The van der Waals surface area contributed by atoms with E-state index in [9.17, 15) is 4.79 Å². The van der Waals surface area contributed by atoms with Gasteiger partial charge >= 0.3 is 0 Å². The van der Waals surface area contributed by atoms with Crippen molar-refractivity contribution >= 4 is 40.7 Å². The third-order valence-electron chi connectivity index (χ3n) is 6.15. The van der Waals surface area contributed by atoms with Crippen LogP contribution in [0.25, 0.3) is 17.2 Å². The Morgan fingerprint density at radius 1 is 1.18 bits per heavy atom. The highest BCUT2D eigenvalue weighted by Gasteiger charge is 2.20. The van der Waals surface area contributed by atoms with E-state index in [1.54, 1.807) is 16.6 Å². The van der Waals surface area contributed by atoms with Gasteiger partial charge in [0.1, 0.15) is 5.82 Å². The summed E-state index contributed by atoms with van der Waals surface area (Å²) in [6, 6.07) is 5.45. The van der Waals surface area contributed by atoms with Crippen LogP contribution in [0.15, 0.2) is 23.4 Å². The maximum absolute atomic E-state index is 13.0. The number of anilines is 1. The van der Waals surface area contributed by atoms with Crippen molar-refractivity contribution in [3.05, 3.63) is 46.0 Å². The Morgan fingerprint density at radius 2 is 2.03 bits per heavy atom. The van der Waals surface area contributed by atoms with Gasteiger partial charge in [-0.25, -0.2) is 9.50 Å². The Hall–Kier alpha value is -2.98. The fourth-order valence-electron chi connectivity index (χ4n) is 4.36. The number of amides is 1. The largest absolute Gasteiger partial charge is 0.326 e. The number of thioether (sulfide) groups is 1. The van der Waals surface area contributed by atoms with E-state index < -0.39 is 0 Å². The lowest BCUT2D eigenvalue weighted by molar-refractivity contribution is -0.115. The number of carbonyl (C=O) groups is 1. The molecular formula is C23H25ClN8OS. The van der Waals surface area contributed by atoms with Crippen molar-refractivity contribution in [1.82, 2.24) is 34.3 Å². The van der Waals surface area contributed by atoms with Gasteiger partial charge in [-0.3, -0.25) is 4.79 Å². The molecule has 0 radical (unpaired) electrons. The molecule has 4 aromatic rings. The summed E-state index contributed by atoms with van der Waals surface area (Å²) >= 11 is 7.99. The monoisotopic (exact) mass is 496 g/mol. The van der Waals surface area contributed by atoms with Crippen LogP contribution in [0.4, 0.5) is 5.69 Å². The maximum Gasteiger partial charge on any atom is 0.253 e. The highest BCUT2D eigenvalue weighted by atomic mass is 35.5. The van der Waals surface area contributed by atoms with E-state index in [0.29, 0.717) is 21.6 Å². The molecule has 1 N–H and O–H groups in total. The Balaban J connectivity index is 1.40. The molecule has 0 saturated heterocycles. The number of fused-ring (bicyclic) bond motifs is 2. The molecule has 34 heavy (non-hydrogen) atoms. The fraction of sp³-hybridized carbons (Fsp3) is 0.391. The molecule has 0 fully saturated rings. The van der Waals surface area contributed by atoms with Crippen LogP contribution in [0.5, 0.6) is 0 Å². The van der Waals surface area contributed by atoms with E-state index in [-0.39, 0.29) is 12.3 Å². The molecule has 0 spiro atoms. The normalized spacial score (nSPS) is 13.6. The fourth-order valence-corrected chi connectivity index (χ4v) is 4.90. The van der Waals surface area contributed by atoms with Gasteiger partial charge in [0.25, 0.3) is 5.78 Å². The van der Waals surface area contributed by atoms with Crippen molar-refractivity contribution in [2.24, 2.45) is 0 Å². The third kappa shape index (κ3) is 4.27. The molecule has 9 nitrogen and oxygen atoms in total. The number of nitrogens with zero attached hydrogens (tertiary/aromatic N) is 7. The summed E-state index contributed by atoms with van der Waals surface area (Å²) in [5.41, 5.74) is 3.88. The van der Waals surface area contributed by atoms with E-state index in [0.717, 1.165) is 60.0 Å². The summed E-state index contributed by atoms with van der Waals surface area (Å²) in [6.07, 6.45) is 6.40. The summed E-state index contributed by atoms with van der Waals surface area (Å²) in [7, 11) is 0. The molecule has 176 valence electrons. The molecule has 3 aromatic heterocycles. The summed E-state index contributed by atoms with van der Waals surface area (Å²) in [6.45, 7) is 4.69. The maximum atomic E-state index is 13.0. The van der Waals surface area contributed by atoms with Crippen LogP contribution >= 0.6 is 23.4 Å². The van der Waals surface area contributed by atoms with E-state index in [2.05, 4.69) is 35.1 Å². The minimum atomic E-state index is -0.147. The van der Waals surface area contributed by atoms with Crippen LogP contribution < -0.4 is 5.32 Å². The average Bonchev–Trinajstić information content (AvgIpc) is 3.34. The Labute approximate surface area is 206 Å². The zero-order valence-electron chi connectivity index (χ0n) is 19.3. The molecule has 11 heteroatoms. The SMILES string of the molecule is CSc1nc2nc(C)c(CC(=O)Nc3ccc(Cl)c(-c4nnc5n4CCCCC5)c3)c(C)n2n1. The standard InChI is InChI=1S/C23H25ClN8OS/c1-13-16(14(2)32-22(25-13)27-23(30-32)34-3)12-20(33)26-15-8-9-18(24)17(11-15)21-29-28-19-7-5-4-6-10-31(19)21/h8-9,11H,4-7,10,12H2,1-3H3,(H,26,33). The quantitative estimate of drug-likeness (QED) is 0.411.